The maximum Gasteiger partial charge on any atom is 0.253 e. The molecule has 1 fully saturated rings. The maximum absolute atomic E-state index is 12.5. The van der Waals surface area contributed by atoms with Crippen molar-refractivity contribution in [2.75, 3.05) is 31.1 Å². The zero-order chi connectivity index (χ0) is 17.8. The van der Waals surface area contributed by atoms with Gasteiger partial charge in [0.1, 0.15) is 0 Å². The van der Waals surface area contributed by atoms with Crippen molar-refractivity contribution in [1.29, 1.82) is 0 Å². The van der Waals surface area contributed by atoms with Crippen LogP contribution in [0.2, 0.25) is 0 Å². The van der Waals surface area contributed by atoms with Crippen molar-refractivity contribution < 1.29 is 4.79 Å². The summed E-state index contributed by atoms with van der Waals surface area (Å²) in [6, 6.07) is 23.5. The van der Waals surface area contributed by atoms with Crippen LogP contribution in [-0.4, -0.2) is 47.2 Å². The third kappa shape index (κ3) is 3.42. The molecule has 1 aliphatic heterocycles. The van der Waals surface area contributed by atoms with Crippen molar-refractivity contribution in [3.05, 3.63) is 78.4 Å². The number of anilines is 1. The molecule has 4 rings (SSSR count). The highest BCUT2D eigenvalue weighted by molar-refractivity contribution is 5.94. The lowest BCUT2D eigenvalue weighted by atomic mass is 10.1. The van der Waals surface area contributed by atoms with Crippen LogP contribution in [0, 0.1) is 0 Å². The van der Waals surface area contributed by atoms with E-state index in [2.05, 4.69) is 15.1 Å². The molecular formula is C21H20N4O. The quantitative estimate of drug-likeness (QED) is 0.732. The molecule has 0 aliphatic carbocycles. The minimum Gasteiger partial charge on any atom is -0.352 e. The Balaban J connectivity index is 1.40. The number of benzene rings is 2. The van der Waals surface area contributed by atoms with Gasteiger partial charge in [0.15, 0.2) is 5.82 Å². The molecule has 1 aliphatic rings. The minimum atomic E-state index is 0.0933. The molecule has 2 aromatic carbocycles. The first-order chi connectivity index (χ1) is 12.8. The minimum absolute atomic E-state index is 0.0933. The highest BCUT2D eigenvalue weighted by atomic mass is 16.2. The van der Waals surface area contributed by atoms with E-state index in [0.717, 1.165) is 35.7 Å². The van der Waals surface area contributed by atoms with E-state index in [4.69, 9.17) is 0 Å². The van der Waals surface area contributed by atoms with Gasteiger partial charge in [-0.15, -0.1) is 10.2 Å². The van der Waals surface area contributed by atoms with Gasteiger partial charge in [0, 0.05) is 37.3 Å². The SMILES string of the molecule is O=C(c1ccccc1)N1CCN(c2ccc(-c3ccccc3)nn2)CC1. The number of nitrogens with zero attached hydrogens (tertiary/aromatic N) is 4. The molecule has 130 valence electrons. The van der Waals surface area contributed by atoms with Crippen LogP contribution >= 0.6 is 0 Å². The van der Waals surface area contributed by atoms with E-state index < -0.39 is 0 Å². The molecule has 26 heavy (non-hydrogen) atoms. The lowest BCUT2D eigenvalue weighted by Gasteiger charge is -2.35. The van der Waals surface area contributed by atoms with Crippen LogP contribution in [-0.2, 0) is 0 Å². The van der Waals surface area contributed by atoms with Crippen LogP contribution in [0.1, 0.15) is 10.4 Å². The summed E-state index contributed by atoms with van der Waals surface area (Å²) in [5.74, 6) is 0.951. The third-order valence-corrected chi connectivity index (χ3v) is 4.63. The Morgan fingerprint density at radius 3 is 2.00 bits per heavy atom. The maximum atomic E-state index is 12.5. The van der Waals surface area contributed by atoms with Gasteiger partial charge in [-0.25, -0.2) is 0 Å². The van der Waals surface area contributed by atoms with Gasteiger partial charge >= 0.3 is 0 Å². The van der Waals surface area contributed by atoms with Gasteiger partial charge in [-0.1, -0.05) is 48.5 Å². The van der Waals surface area contributed by atoms with Crippen molar-refractivity contribution in [3.63, 3.8) is 0 Å². The van der Waals surface area contributed by atoms with E-state index in [1.165, 1.54) is 0 Å². The Kier molecular flexibility index (Phi) is 4.60. The zero-order valence-corrected chi connectivity index (χ0v) is 14.5. The first-order valence-electron chi connectivity index (χ1n) is 8.80. The van der Waals surface area contributed by atoms with Crippen LogP contribution in [0.4, 0.5) is 5.82 Å². The summed E-state index contributed by atoms with van der Waals surface area (Å²) < 4.78 is 0. The average Bonchev–Trinajstić information content (AvgIpc) is 2.75. The van der Waals surface area contributed by atoms with Crippen molar-refractivity contribution in [3.8, 4) is 11.3 Å². The van der Waals surface area contributed by atoms with Gasteiger partial charge in [0.2, 0.25) is 0 Å². The summed E-state index contributed by atoms with van der Waals surface area (Å²) in [5, 5.41) is 8.73. The Morgan fingerprint density at radius 1 is 0.731 bits per heavy atom. The predicted octanol–water partition coefficient (Wildman–Crippen LogP) is 3.11. The molecule has 0 N–H and O–H groups in total. The Bertz CT molecular complexity index is 858. The molecule has 1 saturated heterocycles. The van der Waals surface area contributed by atoms with Gasteiger partial charge < -0.3 is 9.80 Å². The van der Waals surface area contributed by atoms with Crippen LogP contribution in [0.3, 0.4) is 0 Å². The lowest BCUT2D eigenvalue weighted by molar-refractivity contribution is 0.0746. The molecule has 0 spiro atoms. The van der Waals surface area contributed by atoms with Crippen molar-refractivity contribution in [2.24, 2.45) is 0 Å². The number of carbonyl (C=O) groups excluding carboxylic acids is 1. The van der Waals surface area contributed by atoms with E-state index in [0.29, 0.717) is 13.1 Å². The molecule has 1 amide bonds. The predicted molar refractivity (Wildman–Crippen MR) is 102 cm³/mol. The van der Waals surface area contributed by atoms with E-state index in [1.54, 1.807) is 0 Å². The molecule has 0 atom stereocenters. The molecule has 1 aromatic heterocycles. The van der Waals surface area contributed by atoms with E-state index in [1.807, 2.05) is 77.7 Å². The Morgan fingerprint density at radius 2 is 1.38 bits per heavy atom. The van der Waals surface area contributed by atoms with Gasteiger partial charge in [-0.2, -0.15) is 0 Å². The van der Waals surface area contributed by atoms with Crippen LogP contribution in [0.5, 0.6) is 0 Å². The molecule has 5 heteroatoms. The molecule has 3 aromatic rings. The highest BCUT2D eigenvalue weighted by Gasteiger charge is 2.22. The molecular weight excluding hydrogens is 324 g/mol. The van der Waals surface area contributed by atoms with E-state index >= 15 is 0 Å². The Hall–Kier alpha value is -3.21. The second-order valence-corrected chi connectivity index (χ2v) is 6.29. The Labute approximate surface area is 152 Å². The fourth-order valence-corrected chi connectivity index (χ4v) is 3.16. The number of amides is 1. The molecule has 5 nitrogen and oxygen atoms in total. The van der Waals surface area contributed by atoms with Gasteiger partial charge in [0.05, 0.1) is 5.69 Å². The lowest BCUT2D eigenvalue weighted by Crippen LogP contribution is -2.49. The molecule has 0 radical (unpaired) electrons. The number of piperazine rings is 1. The number of aromatic nitrogens is 2. The first kappa shape index (κ1) is 16.3. The monoisotopic (exact) mass is 344 g/mol. The molecule has 2 heterocycles. The average molecular weight is 344 g/mol. The fourth-order valence-electron chi connectivity index (χ4n) is 3.16. The third-order valence-electron chi connectivity index (χ3n) is 4.63. The molecule has 0 unspecified atom stereocenters. The number of rotatable bonds is 3. The number of carbonyl (C=O) groups is 1. The summed E-state index contributed by atoms with van der Waals surface area (Å²) in [5.41, 5.74) is 2.67. The first-order valence-corrected chi connectivity index (χ1v) is 8.80. The van der Waals surface area contributed by atoms with Crippen molar-refractivity contribution >= 4 is 11.7 Å². The summed E-state index contributed by atoms with van der Waals surface area (Å²) >= 11 is 0. The standard InChI is InChI=1S/C21H20N4O/c26-21(18-9-5-2-6-10-18)25-15-13-24(14-16-25)20-12-11-19(22-23-20)17-7-3-1-4-8-17/h1-12H,13-16H2. The van der Waals surface area contributed by atoms with Gasteiger partial charge in [-0.3, -0.25) is 4.79 Å². The topological polar surface area (TPSA) is 49.3 Å². The number of hydrogen-bond donors (Lipinski definition) is 0. The molecule has 0 saturated carbocycles. The highest BCUT2D eigenvalue weighted by Crippen LogP contribution is 2.19. The fraction of sp³-hybridized carbons (Fsp3) is 0.190. The van der Waals surface area contributed by atoms with Crippen molar-refractivity contribution in [1.82, 2.24) is 15.1 Å². The summed E-state index contributed by atoms with van der Waals surface area (Å²) in [7, 11) is 0. The summed E-state index contributed by atoms with van der Waals surface area (Å²) in [4.78, 5) is 16.6. The summed E-state index contributed by atoms with van der Waals surface area (Å²) in [6.45, 7) is 2.90. The van der Waals surface area contributed by atoms with Gasteiger partial charge in [-0.05, 0) is 24.3 Å². The molecule has 0 bridgehead atoms. The second kappa shape index (κ2) is 7.35. The van der Waals surface area contributed by atoms with Crippen LogP contribution < -0.4 is 4.90 Å². The van der Waals surface area contributed by atoms with Crippen molar-refractivity contribution in [2.45, 2.75) is 0 Å². The van der Waals surface area contributed by atoms with Gasteiger partial charge in [0.25, 0.3) is 5.91 Å². The van der Waals surface area contributed by atoms with Crippen LogP contribution in [0.15, 0.2) is 72.8 Å². The van der Waals surface area contributed by atoms with E-state index in [9.17, 15) is 4.79 Å². The second-order valence-electron chi connectivity index (χ2n) is 6.29. The normalized spacial score (nSPS) is 14.3. The van der Waals surface area contributed by atoms with Crippen LogP contribution in [0.25, 0.3) is 11.3 Å². The smallest absolute Gasteiger partial charge is 0.253 e. The van der Waals surface area contributed by atoms with E-state index in [-0.39, 0.29) is 5.91 Å². The largest absolute Gasteiger partial charge is 0.352 e. The summed E-state index contributed by atoms with van der Waals surface area (Å²) in [6.07, 6.45) is 0. The zero-order valence-electron chi connectivity index (χ0n) is 14.5. The number of hydrogen-bond acceptors (Lipinski definition) is 4.